The van der Waals surface area contributed by atoms with Crippen molar-refractivity contribution in [2.75, 3.05) is 26.4 Å². The lowest BCUT2D eigenvalue weighted by Crippen LogP contribution is -2.59. The number of rotatable bonds is 46. The van der Waals surface area contributed by atoms with Crippen LogP contribution < -0.4 is 0 Å². The Morgan fingerprint density at radius 1 is 0.467 bits per heavy atom. The molecule has 9 nitrogen and oxygen atoms in total. The van der Waals surface area contributed by atoms with Gasteiger partial charge in [-0.05, 0) is 12.8 Å². The van der Waals surface area contributed by atoms with Crippen LogP contribution in [0.2, 0.25) is 0 Å². The highest BCUT2D eigenvalue weighted by Gasteiger charge is 2.44. The molecule has 9 heteroatoms. The molecule has 6 atom stereocenters. The van der Waals surface area contributed by atoms with Crippen molar-refractivity contribution in [1.82, 2.24) is 0 Å². The number of hydrogen-bond acceptors (Lipinski definition) is 9. The van der Waals surface area contributed by atoms with E-state index in [-0.39, 0.29) is 19.2 Å². The van der Waals surface area contributed by atoms with Gasteiger partial charge in [-0.1, -0.05) is 239 Å². The molecule has 1 saturated heterocycles. The number of esters is 1. The van der Waals surface area contributed by atoms with E-state index in [1.165, 1.54) is 205 Å². The van der Waals surface area contributed by atoms with Gasteiger partial charge in [-0.3, -0.25) is 4.79 Å². The van der Waals surface area contributed by atoms with E-state index in [9.17, 15) is 25.2 Å². The van der Waals surface area contributed by atoms with Crippen LogP contribution in [0.4, 0.5) is 0 Å². The fourth-order valence-corrected chi connectivity index (χ4v) is 8.44. The molecule has 0 aliphatic carbocycles. The lowest BCUT2D eigenvalue weighted by molar-refractivity contribution is -0.305. The minimum absolute atomic E-state index is 0.104. The van der Waals surface area contributed by atoms with Crippen molar-refractivity contribution >= 4 is 5.97 Å². The van der Waals surface area contributed by atoms with Gasteiger partial charge in [0, 0.05) is 13.0 Å². The summed E-state index contributed by atoms with van der Waals surface area (Å²) in [5, 5.41) is 40.2. The monoisotopic (exact) mass is 857 g/mol. The van der Waals surface area contributed by atoms with Crippen LogP contribution in [0.5, 0.6) is 0 Å². The lowest BCUT2D eigenvalue weighted by atomic mass is 9.99. The summed E-state index contributed by atoms with van der Waals surface area (Å²) in [6.45, 7) is 4.63. The third-order valence-corrected chi connectivity index (χ3v) is 12.5. The van der Waals surface area contributed by atoms with E-state index in [1.54, 1.807) is 0 Å². The number of hydrogen-bond donors (Lipinski definition) is 4. The minimum atomic E-state index is -1.53. The molecule has 1 heterocycles. The maximum Gasteiger partial charge on any atom is 0.306 e. The molecule has 0 aromatic carbocycles. The fourth-order valence-electron chi connectivity index (χ4n) is 8.44. The number of aliphatic hydroxyl groups excluding tert-OH is 4. The molecule has 0 bridgehead atoms. The average Bonchev–Trinajstić information content (AvgIpc) is 3.25. The van der Waals surface area contributed by atoms with Crippen molar-refractivity contribution < 1.29 is 44.2 Å². The van der Waals surface area contributed by atoms with E-state index in [4.69, 9.17) is 18.9 Å². The molecule has 1 aliphatic rings. The summed E-state index contributed by atoms with van der Waals surface area (Å²) < 4.78 is 22.9. The van der Waals surface area contributed by atoms with Gasteiger partial charge in [0.05, 0.1) is 19.8 Å². The normalized spacial score (nSPS) is 19.9. The quantitative estimate of drug-likeness (QED) is 0.0348. The van der Waals surface area contributed by atoms with Crippen LogP contribution in [-0.4, -0.2) is 89.6 Å². The molecular weight excluding hydrogens is 757 g/mol. The summed E-state index contributed by atoms with van der Waals surface area (Å²) in [7, 11) is 0. The Bertz CT molecular complexity index is 889. The van der Waals surface area contributed by atoms with Crippen molar-refractivity contribution in [3.8, 4) is 0 Å². The number of carbonyl (C=O) groups excluding carboxylic acids is 1. The highest BCUT2D eigenvalue weighted by Crippen LogP contribution is 2.23. The first-order valence-corrected chi connectivity index (χ1v) is 26.1. The van der Waals surface area contributed by atoms with E-state index >= 15 is 0 Å². The van der Waals surface area contributed by atoms with Gasteiger partial charge in [0.15, 0.2) is 6.29 Å². The molecule has 1 rings (SSSR count). The Kier molecular flexibility index (Phi) is 41.4. The molecule has 0 amide bonds. The van der Waals surface area contributed by atoms with Gasteiger partial charge in [-0.2, -0.15) is 0 Å². The second kappa shape index (κ2) is 43.4. The highest BCUT2D eigenvalue weighted by atomic mass is 16.7. The summed E-state index contributed by atoms with van der Waals surface area (Å²) in [6.07, 6.45) is 41.4. The maximum atomic E-state index is 12.8. The summed E-state index contributed by atoms with van der Waals surface area (Å²) in [4.78, 5) is 12.8. The Morgan fingerprint density at radius 3 is 1.18 bits per heavy atom. The van der Waals surface area contributed by atoms with Crippen molar-refractivity contribution in [3.05, 3.63) is 0 Å². The number of unbranched alkanes of at least 4 members (excludes halogenated alkanes) is 35. The zero-order valence-corrected chi connectivity index (χ0v) is 39.5. The van der Waals surface area contributed by atoms with E-state index < -0.39 is 43.4 Å². The first kappa shape index (κ1) is 57.2. The molecule has 1 fully saturated rings. The molecule has 0 aromatic rings. The third-order valence-electron chi connectivity index (χ3n) is 12.5. The predicted molar refractivity (Wildman–Crippen MR) is 247 cm³/mol. The highest BCUT2D eigenvalue weighted by molar-refractivity contribution is 5.69. The second-order valence-corrected chi connectivity index (χ2v) is 18.3. The van der Waals surface area contributed by atoms with Crippen LogP contribution in [0.15, 0.2) is 0 Å². The predicted octanol–water partition coefficient (Wildman–Crippen LogP) is 12.6. The van der Waals surface area contributed by atoms with Crippen molar-refractivity contribution in [3.63, 3.8) is 0 Å². The molecule has 6 unspecified atom stereocenters. The van der Waals surface area contributed by atoms with Crippen LogP contribution in [-0.2, 0) is 23.7 Å². The standard InChI is InChI=1S/C51H100O9/c1-3-5-7-9-11-13-15-17-19-21-22-23-24-26-28-30-32-34-36-38-40-47(53)59-45(44-58-51-50(56)49(55)48(54)46(42-52)60-51)43-57-41-39-37-35-33-31-29-27-25-20-18-16-14-12-10-8-6-4-2/h45-46,48-52,54-56H,3-44H2,1-2H3. The van der Waals surface area contributed by atoms with Crippen LogP contribution >= 0.6 is 0 Å². The Morgan fingerprint density at radius 2 is 0.817 bits per heavy atom. The smallest absolute Gasteiger partial charge is 0.306 e. The lowest BCUT2D eigenvalue weighted by Gasteiger charge is -2.39. The molecule has 0 spiro atoms. The molecular formula is C51H100O9. The first-order valence-electron chi connectivity index (χ1n) is 26.1. The van der Waals surface area contributed by atoms with Crippen LogP contribution in [0.1, 0.15) is 258 Å². The Balaban J connectivity index is 2.17. The van der Waals surface area contributed by atoms with Crippen molar-refractivity contribution in [2.24, 2.45) is 0 Å². The van der Waals surface area contributed by atoms with Gasteiger partial charge >= 0.3 is 5.97 Å². The first-order chi connectivity index (χ1) is 29.4. The van der Waals surface area contributed by atoms with Gasteiger partial charge in [-0.25, -0.2) is 0 Å². The maximum absolute atomic E-state index is 12.8. The molecule has 0 aromatic heterocycles. The van der Waals surface area contributed by atoms with E-state index in [0.717, 1.165) is 32.1 Å². The van der Waals surface area contributed by atoms with Crippen LogP contribution in [0.3, 0.4) is 0 Å². The third kappa shape index (κ3) is 33.7. The number of aliphatic hydroxyl groups is 4. The largest absolute Gasteiger partial charge is 0.457 e. The zero-order chi connectivity index (χ0) is 43.6. The molecule has 1 aliphatic heterocycles. The average molecular weight is 857 g/mol. The summed E-state index contributed by atoms with van der Waals surface area (Å²) >= 11 is 0. The minimum Gasteiger partial charge on any atom is -0.457 e. The van der Waals surface area contributed by atoms with Gasteiger partial charge in [0.25, 0.3) is 0 Å². The van der Waals surface area contributed by atoms with Gasteiger partial charge in [0.2, 0.25) is 0 Å². The summed E-state index contributed by atoms with van der Waals surface area (Å²) in [5.41, 5.74) is 0. The summed E-state index contributed by atoms with van der Waals surface area (Å²) in [5.74, 6) is -0.304. The van der Waals surface area contributed by atoms with Crippen LogP contribution in [0, 0.1) is 0 Å². The Labute approximate surface area is 370 Å². The SMILES string of the molecule is CCCCCCCCCCCCCCCCCCCCCCC(=O)OC(COCCCCCCCCCCCCCCCCCCC)COC1OC(CO)C(O)C(O)C1O. The van der Waals surface area contributed by atoms with Crippen molar-refractivity contribution in [2.45, 2.75) is 295 Å². The van der Waals surface area contributed by atoms with Gasteiger partial charge in [-0.15, -0.1) is 0 Å². The molecule has 0 saturated carbocycles. The van der Waals surface area contributed by atoms with E-state index in [1.807, 2.05) is 0 Å². The summed E-state index contributed by atoms with van der Waals surface area (Å²) in [6, 6.07) is 0. The van der Waals surface area contributed by atoms with Crippen molar-refractivity contribution in [1.29, 1.82) is 0 Å². The van der Waals surface area contributed by atoms with Crippen LogP contribution in [0.25, 0.3) is 0 Å². The van der Waals surface area contributed by atoms with Gasteiger partial charge in [0.1, 0.15) is 30.5 Å². The Hall–Kier alpha value is -0.810. The number of carbonyl (C=O) groups is 1. The van der Waals surface area contributed by atoms with Gasteiger partial charge < -0.3 is 39.4 Å². The second-order valence-electron chi connectivity index (χ2n) is 18.3. The fraction of sp³-hybridized carbons (Fsp3) is 0.980. The molecule has 0 radical (unpaired) electrons. The molecule has 358 valence electrons. The molecule has 4 N–H and O–H groups in total. The van der Waals surface area contributed by atoms with E-state index in [2.05, 4.69) is 13.8 Å². The topological polar surface area (TPSA) is 135 Å². The number of ether oxygens (including phenoxy) is 4. The van der Waals surface area contributed by atoms with E-state index in [0.29, 0.717) is 13.0 Å². The zero-order valence-electron chi connectivity index (χ0n) is 39.5. The molecule has 60 heavy (non-hydrogen) atoms.